The summed E-state index contributed by atoms with van der Waals surface area (Å²) in [6.07, 6.45) is 5.12. The van der Waals surface area contributed by atoms with Crippen molar-refractivity contribution in [2.45, 2.75) is 37.8 Å². The van der Waals surface area contributed by atoms with Crippen LogP contribution in [0.15, 0.2) is 24.4 Å². The van der Waals surface area contributed by atoms with E-state index in [1.807, 2.05) is 6.07 Å². The molecule has 2 atom stereocenters. The molecule has 2 fully saturated rings. The number of hydrogen-bond donors (Lipinski definition) is 2. The van der Waals surface area contributed by atoms with Gasteiger partial charge in [-0.25, -0.2) is 4.98 Å². The third-order valence-corrected chi connectivity index (χ3v) is 4.11. The maximum atomic E-state index is 12.5. The van der Waals surface area contributed by atoms with Gasteiger partial charge in [0.2, 0.25) is 11.8 Å². The number of anilines is 1. The van der Waals surface area contributed by atoms with Crippen LogP contribution >= 0.6 is 0 Å². The number of carbonyl (C=O) groups excluding carboxylic acids is 2. The van der Waals surface area contributed by atoms with Gasteiger partial charge in [0.1, 0.15) is 11.9 Å². The summed E-state index contributed by atoms with van der Waals surface area (Å²) in [6, 6.07) is 4.88. The van der Waals surface area contributed by atoms with E-state index in [9.17, 15) is 9.59 Å². The molecule has 0 aliphatic carbocycles. The fraction of sp³-hybridized carbons (Fsp3) is 0.533. The molecule has 2 amide bonds. The van der Waals surface area contributed by atoms with Gasteiger partial charge in [-0.3, -0.25) is 9.59 Å². The lowest BCUT2D eigenvalue weighted by Crippen LogP contribution is -2.49. The highest BCUT2D eigenvalue weighted by Crippen LogP contribution is 2.21. The summed E-state index contributed by atoms with van der Waals surface area (Å²) in [5.74, 6) is 0.449. The van der Waals surface area contributed by atoms with Crippen LogP contribution in [0.1, 0.15) is 25.7 Å². The lowest BCUT2D eigenvalue weighted by Gasteiger charge is -2.26. The molecule has 1 aromatic heterocycles. The summed E-state index contributed by atoms with van der Waals surface area (Å²) in [7, 11) is 0. The lowest BCUT2D eigenvalue weighted by atomic mass is 10.1. The molecule has 3 heterocycles. The SMILES string of the molecule is O=C(Nc1ccccn1)[C@@H]1CCCN1C(=O)[C@@H]1CCCN1. The van der Waals surface area contributed by atoms with E-state index in [0.717, 1.165) is 32.2 Å². The first kappa shape index (κ1) is 14.0. The summed E-state index contributed by atoms with van der Waals surface area (Å²) in [5.41, 5.74) is 0. The number of rotatable bonds is 3. The normalized spacial score (nSPS) is 25.0. The third kappa shape index (κ3) is 3.05. The maximum absolute atomic E-state index is 12.5. The van der Waals surface area contributed by atoms with E-state index >= 15 is 0 Å². The molecule has 6 heteroatoms. The van der Waals surface area contributed by atoms with Crippen LogP contribution in [0.25, 0.3) is 0 Å². The van der Waals surface area contributed by atoms with Gasteiger partial charge in [-0.15, -0.1) is 0 Å². The van der Waals surface area contributed by atoms with Gasteiger partial charge >= 0.3 is 0 Å². The maximum Gasteiger partial charge on any atom is 0.248 e. The molecule has 21 heavy (non-hydrogen) atoms. The van der Waals surface area contributed by atoms with Crippen molar-refractivity contribution in [3.05, 3.63) is 24.4 Å². The number of amides is 2. The minimum absolute atomic E-state index is 0.0613. The Morgan fingerprint density at radius 3 is 2.90 bits per heavy atom. The number of pyridine rings is 1. The zero-order valence-electron chi connectivity index (χ0n) is 11.9. The van der Waals surface area contributed by atoms with Gasteiger partial charge in [0.15, 0.2) is 0 Å². The standard InChI is InChI=1S/C15H20N4O2/c20-14(18-13-7-1-2-8-17-13)12-6-4-10-19(12)15(21)11-5-3-9-16-11/h1-2,7-8,11-12,16H,3-6,9-10H2,(H,17,18,20)/t11-,12-/m0/s1. The van der Waals surface area contributed by atoms with Gasteiger partial charge in [0.25, 0.3) is 0 Å². The van der Waals surface area contributed by atoms with Crippen molar-refractivity contribution < 1.29 is 9.59 Å². The van der Waals surface area contributed by atoms with Gasteiger partial charge in [-0.05, 0) is 44.4 Å². The first-order valence-corrected chi connectivity index (χ1v) is 7.51. The van der Waals surface area contributed by atoms with Crippen LogP contribution in [0.4, 0.5) is 5.82 Å². The van der Waals surface area contributed by atoms with E-state index in [-0.39, 0.29) is 23.9 Å². The number of likely N-dealkylation sites (tertiary alicyclic amines) is 1. The molecule has 0 bridgehead atoms. The quantitative estimate of drug-likeness (QED) is 0.861. The minimum atomic E-state index is -0.373. The van der Waals surface area contributed by atoms with E-state index < -0.39 is 0 Å². The first-order valence-electron chi connectivity index (χ1n) is 7.51. The van der Waals surface area contributed by atoms with Crippen LogP contribution in [0.3, 0.4) is 0 Å². The van der Waals surface area contributed by atoms with Crippen LogP contribution in [0, 0.1) is 0 Å². The van der Waals surface area contributed by atoms with Crippen molar-refractivity contribution in [2.24, 2.45) is 0 Å². The van der Waals surface area contributed by atoms with Crippen molar-refractivity contribution in [3.8, 4) is 0 Å². The first-order chi connectivity index (χ1) is 10.3. The Labute approximate surface area is 123 Å². The Morgan fingerprint density at radius 2 is 2.19 bits per heavy atom. The molecular weight excluding hydrogens is 268 g/mol. The molecule has 3 rings (SSSR count). The van der Waals surface area contributed by atoms with Gasteiger partial charge in [-0.2, -0.15) is 0 Å². The van der Waals surface area contributed by atoms with Crippen LogP contribution in [0.5, 0.6) is 0 Å². The largest absolute Gasteiger partial charge is 0.329 e. The van der Waals surface area contributed by atoms with Gasteiger partial charge in [0, 0.05) is 12.7 Å². The molecule has 1 aromatic rings. The molecule has 0 unspecified atom stereocenters. The molecule has 2 N–H and O–H groups in total. The van der Waals surface area contributed by atoms with Crippen LogP contribution in [-0.2, 0) is 9.59 Å². The molecule has 2 saturated heterocycles. The second-order valence-corrected chi connectivity index (χ2v) is 5.54. The van der Waals surface area contributed by atoms with Crippen molar-refractivity contribution in [1.29, 1.82) is 0 Å². The monoisotopic (exact) mass is 288 g/mol. The fourth-order valence-corrected chi connectivity index (χ4v) is 3.04. The average Bonchev–Trinajstić information content (AvgIpc) is 3.19. The summed E-state index contributed by atoms with van der Waals surface area (Å²) in [5, 5.41) is 6.00. The molecule has 0 spiro atoms. The topological polar surface area (TPSA) is 74.3 Å². The van der Waals surface area contributed by atoms with E-state index in [1.165, 1.54) is 0 Å². The molecule has 6 nitrogen and oxygen atoms in total. The Kier molecular flexibility index (Phi) is 4.15. The fourth-order valence-electron chi connectivity index (χ4n) is 3.04. The summed E-state index contributed by atoms with van der Waals surface area (Å²) < 4.78 is 0. The second kappa shape index (κ2) is 6.22. The Hall–Kier alpha value is -1.95. The van der Waals surface area contributed by atoms with Gasteiger partial charge in [0.05, 0.1) is 6.04 Å². The van der Waals surface area contributed by atoms with E-state index in [1.54, 1.807) is 23.2 Å². The molecule has 0 saturated carbocycles. The molecule has 0 radical (unpaired) electrons. The van der Waals surface area contributed by atoms with E-state index in [4.69, 9.17) is 0 Å². The number of nitrogens with zero attached hydrogens (tertiary/aromatic N) is 2. The number of hydrogen-bond acceptors (Lipinski definition) is 4. The zero-order chi connectivity index (χ0) is 14.7. The molecule has 2 aliphatic rings. The Bertz CT molecular complexity index is 514. The number of aromatic nitrogens is 1. The van der Waals surface area contributed by atoms with Crippen LogP contribution in [0.2, 0.25) is 0 Å². The van der Waals surface area contributed by atoms with Gasteiger partial charge in [-0.1, -0.05) is 6.07 Å². The molecule has 112 valence electrons. The highest BCUT2D eigenvalue weighted by atomic mass is 16.2. The lowest BCUT2D eigenvalue weighted by molar-refractivity contribution is -0.138. The Balaban J connectivity index is 1.65. The predicted octanol–water partition coefficient (Wildman–Crippen LogP) is 0.763. The smallest absolute Gasteiger partial charge is 0.248 e. The summed E-state index contributed by atoms with van der Waals surface area (Å²) in [6.45, 7) is 1.55. The molecule has 0 aromatic carbocycles. The highest BCUT2D eigenvalue weighted by molar-refractivity contribution is 5.97. The average molecular weight is 288 g/mol. The van der Waals surface area contributed by atoms with E-state index in [0.29, 0.717) is 12.4 Å². The predicted molar refractivity (Wildman–Crippen MR) is 78.6 cm³/mol. The molecule has 2 aliphatic heterocycles. The van der Waals surface area contributed by atoms with Crippen molar-refractivity contribution in [3.63, 3.8) is 0 Å². The second-order valence-electron chi connectivity index (χ2n) is 5.54. The van der Waals surface area contributed by atoms with Crippen molar-refractivity contribution in [1.82, 2.24) is 15.2 Å². The van der Waals surface area contributed by atoms with Crippen LogP contribution < -0.4 is 10.6 Å². The molecular formula is C15H20N4O2. The number of nitrogens with one attached hydrogen (secondary N) is 2. The highest BCUT2D eigenvalue weighted by Gasteiger charge is 2.37. The summed E-state index contributed by atoms with van der Waals surface area (Å²) >= 11 is 0. The van der Waals surface area contributed by atoms with Crippen molar-refractivity contribution in [2.75, 3.05) is 18.4 Å². The van der Waals surface area contributed by atoms with Crippen molar-refractivity contribution >= 4 is 17.6 Å². The zero-order valence-corrected chi connectivity index (χ0v) is 11.9. The number of carbonyl (C=O) groups is 2. The van der Waals surface area contributed by atoms with E-state index in [2.05, 4.69) is 15.6 Å². The minimum Gasteiger partial charge on any atom is -0.329 e. The Morgan fingerprint density at radius 1 is 1.29 bits per heavy atom. The van der Waals surface area contributed by atoms with Crippen LogP contribution in [-0.4, -0.2) is 46.9 Å². The third-order valence-electron chi connectivity index (χ3n) is 4.11. The summed E-state index contributed by atoms with van der Waals surface area (Å²) in [4.78, 5) is 30.7. The van der Waals surface area contributed by atoms with Gasteiger partial charge < -0.3 is 15.5 Å².